The van der Waals surface area contributed by atoms with Crippen LogP contribution in [-0.2, 0) is 0 Å². The fraction of sp³-hybridized carbons (Fsp3) is 0.556. The van der Waals surface area contributed by atoms with Gasteiger partial charge in [0.05, 0.1) is 12.4 Å². The molecule has 0 aromatic carbocycles. The monoisotopic (exact) mass is 195 g/mol. The smallest absolute Gasteiger partial charge is 0.147 e. The minimum Gasteiger partial charge on any atom is -0.355 e. The number of hydrogen-bond acceptors (Lipinski definition) is 4. The Kier molecular flexibility index (Phi) is 2.68. The average Bonchev–Trinajstić information content (AvgIpc) is 2.71. The van der Waals surface area contributed by atoms with E-state index in [1.807, 2.05) is 18.6 Å². The molecule has 1 fully saturated rings. The number of hydrogen-bond donors (Lipinski definition) is 0. The standard InChI is InChI=1S/C9H13N3S/c1-13-9-7-10-8(6-11-9)12-4-2-3-5-12/h6-7H,2-5H2,1H3. The highest BCUT2D eigenvalue weighted by Crippen LogP contribution is 2.18. The Labute approximate surface area is 82.6 Å². The lowest BCUT2D eigenvalue weighted by Gasteiger charge is -2.15. The van der Waals surface area contributed by atoms with Crippen molar-refractivity contribution in [3.05, 3.63) is 12.4 Å². The third kappa shape index (κ3) is 1.94. The minimum atomic E-state index is 0.989. The predicted molar refractivity (Wildman–Crippen MR) is 55.3 cm³/mol. The van der Waals surface area contributed by atoms with Gasteiger partial charge in [0.2, 0.25) is 0 Å². The molecule has 1 aromatic rings. The van der Waals surface area contributed by atoms with Crippen molar-refractivity contribution in [3.8, 4) is 0 Å². The fourth-order valence-electron chi connectivity index (χ4n) is 1.52. The van der Waals surface area contributed by atoms with Gasteiger partial charge in [-0.05, 0) is 19.1 Å². The zero-order valence-electron chi connectivity index (χ0n) is 7.73. The third-order valence-electron chi connectivity index (χ3n) is 2.25. The van der Waals surface area contributed by atoms with Crippen LogP contribution in [-0.4, -0.2) is 29.3 Å². The molecule has 2 rings (SSSR count). The molecule has 0 aliphatic carbocycles. The fourth-order valence-corrected chi connectivity index (χ4v) is 1.84. The zero-order chi connectivity index (χ0) is 9.10. The summed E-state index contributed by atoms with van der Waals surface area (Å²) in [5.74, 6) is 1.02. The van der Waals surface area contributed by atoms with E-state index in [0.29, 0.717) is 0 Å². The molecule has 0 radical (unpaired) electrons. The van der Waals surface area contributed by atoms with Crippen molar-refractivity contribution in [1.29, 1.82) is 0 Å². The second-order valence-electron chi connectivity index (χ2n) is 3.11. The Hall–Kier alpha value is -0.770. The van der Waals surface area contributed by atoms with Crippen LogP contribution in [0.2, 0.25) is 0 Å². The van der Waals surface area contributed by atoms with Crippen LogP contribution in [0, 0.1) is 0 Å². The highest BCUT2D eigenvalue weighted by atomic mass is 32.2. The summed E-state index contributed by atoms with van der Waals surface area (Å²) in [5, 5.41) is 0.989. The zero-order valence-corrected chi connectivity index (χ0v) is 8.55. The molecule has 1 saturated heterocycles. The Bertz CT molecular complexity index is 267. The molecule has 0 spiro atoms. The van der Waals surface area contributed by atoms with E-state index in [0.717, 1.165) is 23.9 Å². The average molecular weight is 195 g/mol. The van der Waals surface area contributed by atoms with Crippen LogP contribution in [0.4, 0.5) is 5.82 Å². The van der Waals surface area contributed by atoms with Crippen LogP contribution >= 0.6 is 11.8 Å². The topological polar surface area (TPSA) is 29.0 Å². The summed E-state index contributed by atoms with van der Waals surface area (Å²) in [6.45, 7) is 2.26. The van der Waals surface area contributed by atoms with Gasteiger partial charge >= 0.3 is 0 Å². The van der Waals surface area contributed by atoms with Crippen molar-refractivity contribution in [3.63, 3.8) is 0 Å². The second-order valence-corrected chi connectivity index (χ2v) is 3.94. The Morgan fingerprint density at radius 1 is 1.23 bits per heavy atom. The molecule has 70 valence electrons. The van der Waals surface area contributed by atoms with Gasteiger partial charge in [0.25, 0.3) is 0 Å². The maximum atomic E-state index is 4.37. The van der Waals surface area contributed by atoms with Crippen LogP contribution in [0.15, 0.2) is 17.4 Å². The first-order valence-electron chi connectivity index (χ1n) is 4.51. The molecule has 1 aliphatic heterocycles. The predicted octanol–water partition coefficient (Wildman–Crippen LogP) is 1.80. The summed E-state index contributed by atoms with van der Waals surface area (Å²) >= 11 is 1.63. The number of aromatic nitrogens is 2. The molecule has 0 amide bonds. The molecule has 0 saturated carbocycles. The molecule has 0 N–H and O–H groups in total. The van der Waals surface area contributed by atoms with Crippen LogP contribution in [0.5, 0.6) is 0 Å². The lowest BCUT2D eigenvalue weighted by atomic mass is 10.4. The minimum absolute atomic E-state index is 0.989. The van der Waals surface area contributed by atoms with Crippen molar-refractivity contribution >= 4 is 17.6 Å². The van der Waals surface area contributed by atoms with Gasteiger partial charge in [0, 0.05) is 13.1 Å². The van der Waals surface area contributed by atoms with E-state index in [2.05, 4.69) is 14.9 Å². The van der Waals surface area contributed by atoms with Crippen molar-refractivity contribution < 1.29 is 0 Å². The molecule has 1 aromatic heterocycles. The maximum absolute atomic E-state index is 4.37. The van der Waals surface area contributed by atoms with E-state index in [4.69, 9.17) is 0 Å². The van der Waals surface area contributed by atoms with Crippen LogP contribution in [0.3, 0.4) is 0 Å². The molecule has 0 atom stereocenters. The normalized spacial score (nSPS) is 16.5. The Morgan fingerprint density at radius 3 is 2.54 bits per heavy atom. The molecule has 2 heterocycles. The van der Waals surface area contributed by atoms with Crippen molar-refractivity contribution in [2.45, 2.75) is 17.9 Å². The summed E-state index contributed by atoms with van der Waals surface area (Å²) in [6.07, 6.45) is 8.30. The van der Waals surface area contributed by atoms with Gasteiger partial charge in [-0.25, -0.2) is 9.97 Å². The van der Waals surface area contributed by atoms with Crippen LogP contribution < -0.4 is 4.90 Å². The van der Waals surface area contributed by atoms with Crippen LogP contribution in [0.1, 0.15) is 12.8 Å². The van der Waals surface area contributed by atoms with Crippen molar-refractivity contribution in [1.82, 2.24) is 9.97 Å². The van der Waals surface area contributed by atoms with Gasteiger partial charge in [-0.3, -0.25) is 0 Å². The SMILES string of the molecule is CSc1cnc(N2CCCC2)cn1. The number of thioether (sulfide) groups is 1. The Balaban J connectivity index is 2.12. The third-order valence-corrected chi connectivity index (χ3v) is 2.88. The largest absolute Gasteiger partial charge is 0.355 e. The molecule has 3 nitrogen and oxygen atoms in total. The quantitative estimate of drug-likeness (QED) is 0.673. The van der Waals surface area contributed by atoms with Gasteiger partial charge in [-0.15, -0.1) is 11.8 Å². The Morgan fingerprint density at radius 2 is 2.00 bits per heavy atom. The first-order valence-corrected chi connectivity index (χ1v) is 5.73. The summed E-state index contributed by atoms with van der Waals surface area (Å²) in [5.41, 5.74) is 0. The van der Waals surface area contributed by atoms with Gasteiger partial charge < -0.3 is 4.90 Å². The second kappa shape index (κ2) is 3.96. The molecule has 0 bridgehead atoms. The molecular formula is C9H13N3S. The molecule has 13 heavy (non-hydrogen) atoms. The van der Waals surface area contributed by atoms with Gasteiger partial charge in [0.15, 0.2) is 0 Å². The maximum Gasteiger partial charge on any atom is 0.147 e. The van der Waals surface area contributed by atoms with Gasteiger partial charge in [-0.1, -0.05) is 0 Å². The van der Waals surface area contributed by atoms with E-state index >= 15 is 0 Å². The van der Waals surface area contributed by atoms with E-state index in [-0.39, 0.29) is 0 Å². The molecule has 4 heteroatoms. The number of rotatable bonds is 2. The first-order chi connectivity index (χ1) is 6.40. The summed E-state index contributed by atoms with van der Waals surface area (Å²) in [4.78, 5) is 11.0. The molecule has 1 aliphatic rings. The number of anilines is 1. The van der Waals surface area contributed by atoms with Crippen molar-refractivity contribution in [2.75, 3.05) is 24.2 Å². The van der Waals surface area contributed by atoms with E-state index in [1.54, 1.807) is 11.8 Å². The lowest BCUT2D eigenvalue weighted by molar-refractivity contribution is 0.909. The van der Waals surface area contributed by atoms with Gasteiger partial charge in [-0.2, -0.15) is 0 Å². The summed E-state index contributed by atoms with van der Waals surface area (Å²) in [6, 6.07) is 0. The van der Waals surface area contributed by atoms with Crippen molar-refractivity contribution in [2.24, 2.45) is 0 Å². The summed E-state index contributed by atoms with van der Waals surface area (Å²) < 4.78 is 0. The lowest BCUT2D eigenvalue weighted by Crippen LogP contribution is -2.18. The van der Waals surface area contributed by atoms with Crippen LogP contribution in [0.25, 0.3) is 0 Å². The molecular weight excluding hydrogens is 182 g/mol. The summed E-state index contributed by atoms with van der Waals surface area (Å²) in [7, 11) is 0. The van der Waals surface area contributed by atoms with E-state index in [1.165, 1.54) is 12.8 Å². The highest BCUT2D eigenvalue weighted by molar-refractivity contribution is 7.98. The first kappa shape index (κ1) is 8.81. The van der Waals surface area contributed by atoms with E-state index in [9.17, 15) is 0 Å². The number of nitrogens with zero attached hydrogens (tertiary/aromatic N) is 3. The molecule has 0 unspecified atom stereocenters. The van der Waals surface area contributed by atoms with E-state index < -0.39 is 0 Å². The van der Waals surface area contributed by atoms with Gasteiger partial charge in [0.1, 0.15) is 10.8 Å². The highest BCUT2D eigenvalue weighted by Gasteiger charge is 2.13.